The molecule has 2 rings (SSSR count). The summed E-state index contributed by atoms with van der Waals surface area (Å²) in [7, 11) is 0. The van der Waals surface area contributed by atoms with E-state index in [0.29, 0.717) is 12.6 Å². The van der Waals surface area contributed by atoms with E-state index in [9.17, 15) is 0 Å². The van der Waals surface area contributed by atoms with Crippen LogP contribution in [0.25, 0.3) is 0 Å². The van der Waals surface area contributed by atoms with Gasteiger partial charge >= 0.3 is 0 Å². The predicted molar refractivity (Wildman–Crippen MR) is 93.8 cm³/mol. The summed E-state index contributed by atoms with van der Waals surface area (Å²) in [6, 6.07) is 0.408. The second-order valence-electron chi connectivity index (χ2n) is 6.31. The largest absolute Gasteiger partial charge is 0.477 e. The SMILES string of the molecule is CCC.CCOc1nn([C@@H](C)CN2CCCCC2)c(C)c1C. The molecule has 0 spiro atoms. The minimum absolute atomic E-state index is 0.408. The van der Waals surface area contributed by atoms with E-state index in [2.05, 4.69) is 49.3 Å². The number of likely N-dealkylation sites (tertiary alicyclic amines) is 1. The molecule has 1 aliphatic rings. The van der Waals surface area contributed by atoms with E-state index < -0.39 is 0 Å². The van der Waals surface area contributed by atoms with Crippen LogP contribution in [0.4, 0.5) is 0 Å². The fourth-order valence-corrected chi connectivity index (χ4v) is 2.87. The van der Waals surface area contributed by atoms with E-state index in [4.69, 9.17) is 4.74 Å². The quantitative estimate of drug-likeness (QED) is 0.809. The van der Waals surface area contributed by atoms with Gasteiger partial charge in [0.15, 0.2) is 0 Å². The fraction of sp³-hybridized carbons (Fsp3) is 0.833. The number of ether oxygens (including phenoxy) is 1. The number of hydrogen-bond donors (Lipinski definition) is 0. The molecule has 1 aromatic rings. The summed E-state index contributed by atoms with van der Waals surface area (Å²) in [5.74, 6) is 0.797. The lowest BCUT2D eigenvalue weighted by atomic mass is 10.1. The van der Waals surface area contributed by atoms with Gasteiger partial charge < -0.3 is 9.64 Å². The monoisotopic (exact) mass is 309 g/mol. The van der Waals surface area contributed by atoms with Crippen LogP contribution in [0.3, 0.4) is 0 Å². The number of rotatable bonds is 5. The Morgan fingerprint density at radius 3 is 2.23 bits per heavy atom. The number of piperidine rings is 1. The van der Waals surface area contributed by atoms with Crippen molar-refractivity contribution in [3.63, 3.8) is 0 Å². The van der Waals surface area contributed by atoms with Crippen molar-refractivity contribution in [2.45, 2.75) is 73.3 Å². The molecule has 0 aliphatic carbocycles. The Labute approximate surface area is 136 Å². The second kappa shape index (κ2) is 9.88. The summed E-state index contributed by atoms with van der Waals surface area (Å²) in [5.41, 5.74) is 2.40. The van der Waals surface area contributed by atoms with E-state index in [0.717, 1.165) is 12.4 Å². The van der Waals surface area contributed by atoms with Gasteiger partial charge in [-0.2, -0.15) is 0 Å². The van der Waals surface area contributed by atoms with Crippen molar-refractivity contribution in [1.29, 1.82) is 0 Å². The molecule has 1 saturated heterocycles. The van der Waals surface area contributed by atoms with Crippen molar-refractivity contribution in [3.05, 3.63) is 11.3 Å². The third-order valence-electron chi connectivity index (χ3n) is 4.08. The molecule has 4 nitrogen and oxygen atoms in total. The lowest BCUT2D eigenvalue weighted by molar-refractivity contribution is 0.195. The molecule has 0 aromatic carbocycles. The van der Waals surface area contributed by atoms with Crippen LogP contribution in [0.2, 0.25) is 0 Å². The molecule has 1 fully saturated rings. The van der Waals surface area contributed by atoms with Crippen LogP contribution in [0, 0.1) is 13.8 Å². The van der Waals surface area contributed by atoms with Gasteiger partial charge in [-0.3, -0.25) is 4.68 Å². The van der Waals surface area contributed by atoms with Gasteiger partial charge in [-0.05, 0) is 53.6 Å². The van der Waals surface area contributed by atoms with Gasteiger partial charge in [-0.25, -0.2) is 0 Å². The highest BCUT2D eigenvalue weighted by Gasteiger charge is 2.19. The minimum Gasteiger partial charge on any atom is -0.477 e. The molecule has 128 valence electrons. The van der Waals surface area contributed by atoms with Gasteiger partial charge in [-0.1, -0.05) is 26.7 Å². The van der Waals surface area contributed by atoms with E-state index in [1.54, 1.807) is 0 Å². The first-order valence-corrected chi connectivity index (χ1v) is 8.95. The Kier molecular flexibility index (Phi) is 8.54. The fourth-order valence-electron chi connectivity index (χ4n) is 2.87. The maximum Gasteiger partial charge on any atom is 0.235 e. The van der Waals surface area contributed by atoms with Crippen molar-refractivity contribution in [3.8, 4) is 5.88 Å². The predicted octanol–water partition coefficient (Wildman–Crippen LogP) is 4.36. The molecule has 0 N–H and O–H groups in total. The highest BCUT2D eigenvalue weighted by Crippen LogP contribution is 2.23. The van der Waals surface area contributed by atoms with Crippen molar-refractivity contribution < 1.29 is 4.74 Å². The molecule has 0 unspecified atom stereocenters. The molecule has 0 amide bonds. The van der Waals surface area contributed by atoms with Crippen molar-refractivity contribution in [2.24, 2.45) is 0 Å². The molecule has 0 radical (unpaired) electrons. The van der Waals surface area contributed by atoms with Gasteiger partial charge in [0.05, 0.1) is 12.6 Å². The summed E-state index contributed by atoms with van der Waals surface area (Å²) in [4.78, 5) is 2.56. The average Bonchev–Trinajstić information content (AvgIpc) is 2.78. The maximum absolute atomic E-state index is 5.59. The van der Waals surface area contributed by atoms with Crippen molar-refractivity contribution in [1.82, 2.24) is 14.7 Å². The Morgan fingerprint density at radius 2 is 1.68 bits per heavy atom. The van der Waals surface area contributed by atoms with Crippen LogP contribution in [-0.2, 0) is 0 Å². The molecule has 22 heavy (non-hydrogen) atoms. The molecule has 1 aromatic heterocycles. The van der Waals surface area contributed by atoms with Crippen LogP contribution >= 0.6 is 0 Å². The molecule has 0 bridgehead atoms. The van der Waals surface area contributed by atoms with E-state index in [-0.39, 0.29) is 0 Å². The van der Waals surface area contributed by atoms with E-state index >= 15 is 0 Å². The number of nitrogens with zero attached hydrogens (tertiary/aromatic N) is 3. The molecule has 1 aliphatic heterocycles. The summed E-state index contributed by atoms with van der Waals surface area (Å²) >= 11 is 0. The number of aromatic nitrogens is 2. The summed E-state index contributed by atoms with van der Waals surface area (Å²) in [6.07, 6.45) is 5.32. The van der Waals surface area contributed by atoms with Gasteiger partial charge in [0.25, 0.3) is 0 Å². The standard InChI is InChI=1S/C15H27N3O.C3H8/c1-5-19-15-13(3)14(4)18(16-15)12(2)11-17-9-7-6-8-10-17;1-3-2/h12H,5-11H2,1-4H3;3H2,1-2H3/t12-;/m0./s1. The summed E-state index contributed by atoms with van der Waals surface area (Å²) in [6.45, 7) is 17.0. The summed E-state index contributed by atoms with van der Waals surface area (Å²) < 4.78 is 7.73. The third-order valence-corrected chi connectivity index (χ3v) is 4.08. The zero-order valence-electron chi connectivity index (χ0n) is 15.5. The Morgan fingerprint density at radius 1 is 1.09 bits per heavy atom. The molecule has 2 heterocycles. The normalized spacial score (nSPS) is 16.8. The van der Waals surface area contributed by atoms with Gasteiger partial charge in [0.2, 0.25) is 5.88 Å². The van der Waals surface area contributed by atoms with Crippen LogP contribution in [-0.4, -0.2) is 40.9 Å². The van der Waals surface area contributed by atoms with Crippen LogP contribution in [0.1, 0.15) is 70.7 Å². The lowest BCUT2D eigenvalue weighted by Crippen LogP contribution is -2.34. The molecule has 1 atom stereocenters. The zero-order valence-corrected chi connectivity index (χ0v) is 15.5. The molecule has 4 heteroatoms. The topological polar surface area (TPSA) is 30.3 Å². The molecular weight excluding hydrogens is 274 g/mol. The minimum atomic E-state index is 0.408. The van der Waals surface area contributed by atoms with Crippen LogP contribution in [0.5, 0.6) is 5.88 Å². The average molecular weight is 309 g/mol. The highest BCUT2D eigenvalue weighted by atomic mass is 16.5. The first kappa shape index (κ1) is 19.0. The highest BCUT2D eigenvalue weighted by molar-refractivity contribution is 5.29. The van der Waals surface area contributed by atoms with Gasteiger partial charge in [0.1, 0.15) is 0 Å². The first-order valence-electron chi connectivity index (χ1n) is 8.95. The third kappa shape index (κ3) is 5.31. The smallest absolute Gasteiger partial charge is 0.235 e. The van der Waals surface area contributed by atoms with Crippen LogP contribution in [0.15, 0.2) is 0 Å². The first-order chi connectivity index (χ1) is 10.5. The number of hydrogen-bond acceptors (Lipinski definition) is 3. The van der Waals surface area contributed by atoms with Gasteiger partial charge in [-0.15, -0.1) is 5.10 Å². The molecule has 0 saturated carbocycles. The van der Waals surface area contributed by atoms with Crippen molar-refractivity contribution in [2.75, 3.05) is 26.2 Å². The lowest BCUT2D eigenvalue weighted by Gasteiger charge is -2.29. The van der Waals surface area contributed by atoms with E-state index in [1.165, 1.54) is 50.0 Å². The van der Waals surface area contributed by atoms with E-state index in [1.807, 2.05) is 6.92 Å². The Bertz CT molecular complexity index is 422. The second-order valence-corrected chi connectivity index (χ2v) is 6.31. The Hall–Kier alpha value is -1.03. The Balaban J connectivity index is 0.000000745. The van der Waals surface area contributed by atoms with Gasteiger partial charge in [0, 0.05) is 17.8 Å². The zero-order chi connectivity index (χ0) is 16.5. The summed E-state index contributed by atoms with van der Waals surface area (Å²) in [5, 5.41) is 4.63. The van der Waals surface area contributed by atoms with Crippen molar-refractivity contribution >= 4 is 0 Å². The maximum atomic E-state index is 5.59. The van der Waals surface area contributed by atoms with Crippen LogP contribution < -0.4 is 4.74 Å². The molecular formula is C18H35N3O.